The second-order valence-corrected chi connectivity index (χ2v) is 5.38. The van der Waals surface area contributed by atoms with Crippen LogP contribution in [0.25, 0.3) is 11.0 Å². The van der Waals surface area contributed by atoms with Crippen LogP contribution >= 0.6 is 0 Å². The summed E-state index contributed by atoms with van der Waals surface area (Å²) in [6, 6.07) is 9.70. The number of nitrogens with zero attached hydrogens (tertiary/aromatic N) is 4. The van der Waals surface area contributed by atoms with Crippen molar-refractivity contribution >= 4 is 11.0 Å². The van der Waals surface area contributed by atoms with E-state index in [1.54, 1.807) is 6.33 Å². The van der Waals surface area contributed by atoms with Crippen LogP contribution in [0.5, 0.6) is 0 Å². The number of fused-ring (bicyclic) bond motifs is 2. The second kappa shape index (κ2) is 4.98. The van der Waals surface area contributed by atoms with E-state index in [9.17, 15) is 5.11 Å². The highest BCUT2D eigenvalue weighted by molar-refractivity contribution is 5.77. The lowest BCUT2D eigenvalue weighted by Crippen LogP contribution is -2.36. The first-order valence-corrected chi connectivity index (χ1v) is 7.05. The van der Waals surface area contributed by atoms with Crippen molar-refractivity contribution in [3.05, 3.63) is 48.2 Å². The Kier molecular flexibility index (Phi) is 2.98. The van der Waals surface area contributed by atoms with Crippen LogP contribution in [0.15, 0.2) is 41.1 Å². The fourth-order valence-corrected chi connectivity index (χ4v) is 2.77. The average molecular weight is 284 g/mol. The molecule has 6 heteroatoms. The van der Waals surface area contributed by atoms with Crippen molar-refractivity contribution in [3.63, 3.8) is 0 Å². The quantitative estimate of drug-likeness (QED) is 0.791. The molecule has 108 valence electrons. The Morgan fingerprint density at radius 3 is 3.10 bits per heavy atom. The highest BCUT2D eigenvalue weighted by Gasteiger charge is 2.22. The van der Waals surface area contributed by atoms with E-state index in [0.717, 1.165) is 29.9 Å². The lowest BCUT2D eigenvalue weighted by Gasteiger charge is -2.28. The third-order valence-corrected chi connectivity index (χ3v) is 3.92. The summed E-state index contributed by atoms with van der Waals surface area (Å²) in [4.78, 5) is 2.17. The Morgan fingerprint density at radius 1 is 1.29 bits per heavy atom. The van der Waals surface area contributed by atoms with Gasteiger partial charge >= 0.3 is 0 Å². The van der Waals surface area contributed by atoms with Gasteiger partial charge < -0.3 is 14.1 Å². The van der Waals surface area contributed by atoms with Gasteiger partial charge in [0, 0.05) is 25.0 Å². The molecule has 6 nitrogen and oxygen atoms in total. The van der Waals surface area contributed by atoms with E-state index in [1.165, 1.54) is 0 Å². The number of furan rings is 1. The molecule has 3 heterocycles. The van der Waals surface area contributed by atoms with Gasteiger partial charge in [-0.15, -0.1) is 10.2 Å². The molecule has 4 rings (SSSR count). The van der Waals surface area contributed by atoms with E-state index in [4.69, 9.17) is 4.42 Å². The predicted octanol–water partition coefficient (Wildman–Crippen LogP) is 1.57. The summed E-state index contributed by atoms with van der Waals surface area (Å²) in [5, 5.41) is 19.4. The van der Waals surface area contributed by atoms with Crippen LogP contribution in [-0.2, 0) is 13.1 Å². The Balaban J connectivity index is 1.49. The molecule has 0 bridgehead atoms. The van der Waals surface area contributed by atoms with Crippen molar-refractivity contribution in [2.75, 3.05) is 13.1 Å². The molecule has 0 fully saturated rings. The van der Waals surface area contributed by atoms with Crippen molar-refractivity contribution in [3.8, 4) is 0 Å². The van der Waals surface area contributed by atoms with E-state index in [1.807, 2.05) is 34.9 Å². The molecule has 1 atom stereocenters. The molecule has 21 heavy (non-hydrogen) atoms. The standard InChI is InChI=1S/C15H16N4O2/c20-12(14-7-11-3-1-2-4-13(11)21-14)8-18-5-6-19-10-16-17-15(19)9-18/h1-4,7,10,12,20H,5-6,8-9H2. The monoisotopic (exact) mass is 284 g/mol. The maximum atomic E-state index is 10.4. The van der Waals surface area contributed by atoms with Gasteiger partial charge in [-0.2, -0.15) is 0 Å². The summed E-state index contributed by atoms with van der Waals surface area (Å²) in [5.41, 5.74) is 0.810. The van der Waals surface area contributed by atoms with Gasteiger partial charge in [-0.1, -0.05) is 18.2 Å². The van der Waals surface area contributed by atoms with Crippen LogP contribution in [0, 0.1) is 0 Å². The summed E-state index contributed by atoms with van der Waals surface area (Å²) >= 11 is 0. The van der Waals surface area contributed by atoms with Gasteiger partial charge in [0.05, 0.1) is 6.54 Å². The SMILES string of the molecule is OC(CN1CCn2cnnc2C1)c1cc2ccccc2o1. The van der Waals surface area contributed by atoms with Crippen molar-refractivity contribution < 1.29 is 9.52 Å². The molecule has 0 spiro atoms. The van der Waals surface area contributed by atoms with Crippen molar-refractivity contribution in [2.45, 2.75) is 19.2 Å². The Labute approximate surface area is 121 Å². The smallest absolute Gasteiger partial charge is 0.147 e. The minimum atomic E-state index is -0.633. The molecular formula is C15H16N4O2. The first-order valence-electron chi connectivity index (χ1n) is 7.05. The van der Waals surface area contributed by atoms with E-state index >= 15 is 0 Å². The first-order chi connectivity index (χ1) is 10.3. The van der Waals surface area contributed by atoms with E-state index in [0.29, 0.717) is 18.8 Å². The molecule has 2 aromatic heterocycles. The molecule has 0 radical (unpaired) electrons. The number of benzene rings is 1. The van der Waals surface area contributed by atoms with Gasteiger partial charge in [0.2, 0.25) is 0 Å². The zero-order valence-electron chi connectivity index (χ0n) is 11.5. The highest BCUT2D eigenvalue weighted by atomic mass is 16.4. The summed E-state index contributed by atoms with van der Waals surface area (Å²) < 4.78 is 7.76. The number of hydrogen-bond acceptors (Lipinski definition) is 5. The molecule has 0 amide bonds. The number of para-hydroxylation sites is 1. The van der Waals surface area contributed by atoms with Crippen LogP contribution in [0.2, 0.25) is 0 Å². The molecular weight excluding hydrogens is 268 g/mol. The molecule has 1 aliphatic rings. The Bertz CT molecular complexity index is 731. The number of hydrogen-bond donors (Lipinski definition) is 1. The van der Waals surface area contributed by atoms with Crippen molar-refractivity contribution in [2.24, 2.45) is 0 Å². The lowest BCUT2D eigenvalue weighted by atomic mass is 10.2. The molecule has 0 saturated heterocycles. The summed E-state index contributed by atoms with van der Waals surface area (Å²) in [6.07, 6.45) is 1.12. The molecule has 1 N–H and O–H groups in total. The Hall–Kier alpha value is -2.18. The fraction of sp³-hybridized carbons (Fsp3) is 0.333. The number of rotatable bonds is 3. The summed E-state index contributed by atoms with van der Waals surface area (Å²) in [6.45, 7) is 2.97. The number of aliphatic hydroxyl groups excluding tert-OH is 1. The van der Waals surface area contributed by atoms with E-state index in [-0.39, 0.29) is 0 Å². The molecule has 0 saturated carbocycles. The topological polar surface area (TPSA) is 67.3 Å². The third kappa shape index (κ3) is 2.32. The van der Waals surface area contributed by atoms with Gasteiger partial charge in [-0.05, 0) is 12.1 Å². The molecule has 3 aromatic rings. The number of aliphatic hydroxyl groups is 1. The average Bonchev–Trinajstić information content (AvgIpc) is 3.13. The predicted molar refractivity (Wildman–Crippen MR) is 76.5 cm³/mol. The normalized spacial score (nSPS) is 17.0. The summed E-state index contributed by atoms with van der Waals surface area (Å²) in [5.74, 6) is 1.56. The minimum Gasteiger partial charge on any atom is -0.458 e. The number of β-amino-alcohol motifs (C(OH)–C–C–N with tert-alkyl or cyclic N) is 1. The van der Waals surface area contributed by atoms with Crippen LogP contribution in [0.1, 0.15) is 17.7 Å². The highest BCUT2D eigenvalue weighted by Crippen LogP contribution is 2.25. The molecule has 1 unspecified atom stereocenters. The molecule has 0 aliphatic carbocycles. The Morgan fingerprint density at radius 2 is 2.19 bits per heavy atom. The maximum Gasteiger partial charge on any atom is 0.147 e. The first kappa shape index (κ1) is 12.6. The van der Waals surface area contributed by atoms with Crippen LogP contribution in [0.4, 0.5) is 0 Å². The van der Waals surface area contributed by atoms with E-state index < -0.39 is 6.10 Å². The zero-order valence-corrected chi connectivity index (χ0v) is 11.5. The van der Waals surface area contributed by atoms with Gasteiger partial charge in [0.15, 0.2) is 0 Å². The summed E-state index contributed by atoms with van der Waals surface area (Å²) in [7, 11) is 0. The molecule has 1 aromatic carbocycles. The second-order valence-electron chi connectivity index (χ2n) is 5.38. The third-order valence-electron chi connectivity index (χ3n) is 3.92. The zero-order chi connectivity index (χ0) is 14.2. The van der Waals surface area contributed by atoms with Gasteiger partial charge in [0.25, 0.3) is 0 Å². The van der Waals surface area contributed by atoms with Crippen LogP contribution < -0.4 is 0 Å². The van der Waals surface area contributed by atoms with Crippen molar-refractivity contribution in [1.82, 2.24) is 19.7 Å². The fourth-order valence-electron chi connectivity index (χ4n) is 2.77. The van der Waals surface area contributed by atoms with Crippen LogP contribution in [-0.4, -0.2) is 37.9 Å². The van der Waals surface area contributed by atoms with Gasteiger partial charge in [0.1, 0.15) is 29.6 Å². The van der Waals surface area contributed by atoms with Gasteiger partial charge in [-0.3, -0.25) is 4.90 Å². The van der Waals surface area contributed by atoms with Crippen molar-refractivity contribution in [1.29, 1.82) is 0 Å². The lowest BCUT2D eigenvalue weighted by molar-refractivity contribution is 0.0817. The largest absolute Gasteiger partial charge is 0.458 e. The minimum absolute atomic E-state index is 0.534. The van der Waals surface area contributed by atoms with Crippen LogP contribution in [0.3, 0.4) is 0 Å². The number of aromatic nitrogens is 3. The molecule has 1 aliphatic heterocycles. The van der Waals surface area contributed by atoms with E-state index in [2.05, 4.69) is 15.1 Å². The van der Waals surface area contributed by atoms with Gasteiger partial charge in [-0.25, -0.2) is 0 Å². The maximum absolute atomic E-state index is 10.4.